The van der Waals surface area contributed by atoms with Crippen molar-refractivity contribution in [3.8, 4) is 0 Å². The van der Waals surface area contributed by atoms with Crippen molar-refractivity contribution in [1.82, 2.24) is 20.0 Å². The average molecular weight is 404 g/mol. The summed E-state index contributed by atoms with van der Waals surface area (Å²) >= 11 is 0. The first-order chi connectivity index (χ1) is 14.6. The fourth-order valence-electron chi connectivity index (χ4n) is 3.73. The molecule has 0 unspecified atom stereocenters. The molecule has 1 saturated heterocycles. The minimum atomic E-state index is -0.312. The van der Waals surface area contributed by atoms with Crippen LogP contribution in [0.15, 0.2) is 59.5 Å². The summed E-state index contributed by atoms with van der Waals surface area (Å²) in [5.41, 5.74) is 1.18. The Hall–Kier alpha value is -3.48. The van der Waals surface area contributed by atoms with Gasteiger partial charge in [-0.1, -0.05) is 30.3 Å². The number of hydrogen-bond donors (Lipinski definition) is 1. The maximum atomic E-state index is 12.7. The molecule has 1 aromatic heterocycles. The van der Waals surface area contributed by atoms with Gasteiger partial charge in [-0.2, -0.15) is 5.10 Å². The molecule has 0 spiro atoms. The summed E-state index contributed by atoms with van der Waals surface area (Å²) < 4.78 is 1.16. The summed E-state index contributed by atoms with van der Waals surface area (Å²) in [6.45, 7) is 1.72. The topological polar surface area (TPSA) is 84.3 Å². The van der Waals surface area contributed by atoms with Gasteiger partial charge in [0.2, 0.25) is 5.91 Å². The molecule has 2 heterocycles. The fourth-order valence-corrected chi connectivity index (χ4v) is 3.73. The van der Waals surface area contributed by atoms with Crippen LogP contribution in [0.1, 0.15) is 35.2 Å². The molecule has 2 amide bonds. The van der Waals surface area contributed by atoms with E-state index >= 15 is 0 Å². The minimum absolute atomic E-state index is 0.0368. The summed E-state index contributed by atoms with van der Waals surface area (Å²) in [6.07, 6.45) is 4.85. The predicted molar refractivity (Wildman–Crippen MR) is 114 cm³/mol. The third-order valence-electron chi connectivity index (χ3n) is 5.36. The number of piperidine rings is 1. The molecule has 0 aliphatic carbocycles. The van der Waals surface area contributed by atoms with Crippen LogP contribution < -0.4 is 10.9 Å². The van der Waals surface area contributed by atoms with Crippen molar-refractivity contribution in [2.75, 3.05) is 13.1 Å². The van der Waals surface area contributed by atoms with Gasteiger partial charge in [0.25, 0.3) is 11.5 Å². The van der Waals surface area contributed by atoms with Crippen molar-refractivity contribution >= 4 is 22.6 Å². The smallest absolute Gasteiger partial charge is 0.275 e. The third kappa shape index (κ3) is 4.40. The van der Waals surface area contributed by atoms with Gasteiger partial charge < -0.3 is 10.2 Å². The first-order valence-corrected chi connectivity index (χ1v) is 10.2. The van der Waals surface area contributed by atoms with E-state index in [2.05, 4.69) is 10.4 Å². The Morgan fingerprint density at radius 2 is 1.80 bits per heavy atom. The van der Waals surface area contributed by atoms with Gasteiger partial charge in [0.15, 0.2) is 0 Å². The summed E-state index contributed by atoms with van der Waals surface area (Å²) in [7, 11) is 0. The second-order valence-corrected chi connectivity index (χ2v) is 7.52. The summed E-state index contributed by atoms with van der Waals surface area (Å²) in [4.78, 5) is 39.4. The highest BCUT2D eigenvalue weighted by Gasteiger charge is 2.18. The van der Waals surface area contributed by atoms with Crippen LogP contribution >= 0.6 is 0 Å². The molecule has 1 fully saturated rings. The van der Waals surface area contributed by atoms with E-state index < -0.39 is 0 Å². The van der Waals surface area contributed by atoms with Gasteiger partial charge in [-0.25, -0.2) is 4.68 Å². The van der Waals surface area contributed by atoms with Crippen LogP contribution in [-0.2, 0) is 17.9 Å². The van der Waals surface area contributed by atoms with Crippen LogP contribution in [-0.4, -0.2) is 39.6 Å². The van der Waals surface area contributed by atoms with E-state index in [9.17, 15) is 14.4 Å². The Kier molecular flexibility index (Phi) is 5.88. The lowest BCUT2D eigenvalue weighted by molar-refractivity contribution is -0.122. The summed E-state index contributed by atoms with van der Waals surface area (Å²) in [5.74, 6) is -0.276. The van der Waals surface area contributed by atoms with Crippen molar-refractivity contribution in [3.63, 3.8) is 0 Å². The van der Waals surface area contributed by atoms with Crippen LogP contribution in [0.2, 0.25) is 0 Å². The predicted octanol–water partition coefficient (Wildman–Crippen LogP) is 2.34. The highest BCUT2D eigenvalue weighted by atomic mass is 16.2. The largest absolute Gasteiger partial charge is 0.350 e. The van der Waals surface area contributed by atoms with E-state index in [-0.39, 0.29) is 30.5 Å². The standard InChI is InChI=1S/C23H24N4O3/c28-21(16-27-23(30)20-10-3-2-8-19(20)15-25-27)24-14-17-7-6-9-18(13-17)22(29)26-11-4-1-5-12-26/h2-3,6-10,13,15H,1,4-5,11-12,14,16H2,(H,24,28). The Balaban J connectivity index is 1.39. The molecule has 0 bridgehead atoms. The van der Waals surface area contributed by atoms with Crippen LogP contribution in [0.5, 0.6) is 0 Å². The van der Waals surface area contributed by atoms with Crippen molar-refractivity contribution in [2.24, 2.45) is 0 Å². The van der Waals surface area contributed by atoms with Crippen LogP contribution in [0, 0.1) is 0 Å². The van der Waals surface area contributed by atoms with Gasteiger partial charge >= 0.3 is 0 Å². The van der Waals surface area contributed by atoms with Gasteiger partial charge in [0.05, 0.1) is 11.6 Å². The number of nitrogens with zero attached hydrogens (tertiary/aromatic N) is 3. The van der Waals surface area contributed by atoms with Gasteiger partial charge in [0, 0.05) is 30.6 Å². The summed E-state index contributed by atoms with van der Waals surface area (Å²) in [6, 6.07) is 14.5. The van der Waals surface area contributed by atoms with Crippen LogP contribution in [0.4, 0.5) is 0 Å². The zero-order chi connectivity index (χ0) is 20.9. The maximum absolute atomic E-state index is 12.7. The van der Waals surface area contributed by atoms with Crippen molar-refractivity contribution < 1.29 is 9.59 Å². The molecule has 0 radical (unpaired) electrons. The number of aromatic nitrogens is 2. The number of fused-ring (bicyclic) bond motifs is 1. The second kappa shape index (κ2) is 8.90. The van der Waals surface area contributed by atoms with E-state index in [1.54, 1.807) is 24.4 Å². The number of benzene rings is 2. The van der Waals surface area contributed by atoms with E-state index in [4.69, 9.17) is 0 Å². The Bertz CT molecular complexity index is 1130. The molecule has 154 valence electrons. The van der Waals surface area contributed by atoms with Gasteiger partial charge in [-0.05, 0) is 43.0 Å². The lowest BCUT2D eigenvalue weighted by Gasteiger charge is -2.26. The molecule has 30 heavy (non-hydrogen) atoms. The van der Waals surface area contributed by atoms with Crippen LogP contribution in [0.3, 0.4) is 0 Å². The molecule has 0 atom stereocenters. The molecule has 3 aromatic rings. The monoisotopic (exact) mass is 404 g/mol. The van der Waals surface area contributed by atoms with Gasteiger partial charge in [-0.15, -0.1) is 0 Å². The highest BCUT2D eigenvalue weighted by Crippen LogP contribution is 2.14. The summed E-state index contributed by atoms with van der Waals surface area (Å²) in [5, 5.41) is 8.16. The zero-order valence-electron chi connectivity index (χ0n) is 16.7. The van der Waals surface area contributed by atoms with Gasteiger partial charge in [-0.3, -0.25) is 14.4 Å². The molecule has 7 heteroatoms. The highest BCUT2D eigenvalue weighted by molar-refractivity contribution is 5.94. The Morgan fingerprint density at radius 3 is 2.63 bits per heavy atom. The SMILES string of the molecule is O=C(Cn1ncc2ccccc2c1=O)NCc1cccc(C(=O)N2CCCCC2)c1. The number of hydrogen-bond acceptors (Lipinski definition) is 4. The fraction of sp³-hybridized carbons (Fsp3) is 0.304. The van der Waals surface area contributed by atoms with E-state index in [1.807, 2.05) is 35.2 Å². The molecular formula is C23H24N4O3. The number of rotatable bonds is 5. The molecule has 2 aromatic carbocycles. The number of nitrogens with one attached hydrogen (secondary N) is 1. The van der Waals surface area contributed by atoms with Gasteiger partial charge in [0.1, 0.15) is 6.54 Å². The Labute approximate surface area is 174 Å². The van der Waals surface area contributed by atoms with Crippen molar-refractivity contribution in [2.45, 2.75) is 32.4 Å². The second-order valence-electron chi connectivity index (χ2n) is 7.52. The zero-order valence-corrected chi connectivity index (χ0v) is 16.7. The molecule has 1 N–H and O–H groups in total. The maximum Gasteiger partial charge on any atom is 0.275 e. The molecule has 4 rings (SSSR count). The number of amides is 2. The normalized spacial score (nSPS) is 13.9. The van der Waals surface area contributed by atoms with Crippen molar-refractivity contribution in [1.29, 1.82) is 0 Å². The van der Waals surface area contributed by atoms with E-state index in [0.717, 1.165) is 41.6 Å². The first-order valence-electron chi connectivity index (χ1n) is 10.2. The molecule has 0 saturated carbocycles. The number of carbonyl (C=O) groups excluding carboxylic acids is 2. The lowest BCUT2D eigenvalue weighted by atomic mass is 10.1. The van der Waals surface area contributed by atoms with Crippen molar-refractivity contribution in [3.05, 3.63) is 76.2 Å². The van der Waals surface area contributed by atoms with E-state index in [1.165, 1.54) is 6.42 Å². The third-order valence-corrected chi connectivity index (χ3v) is 5.36. The molecule has 1 aliphatic rings. The minimum Gasteiger partial charge on any atom is -0.350 e. The van der Waals surface area contributed by atoms with E-state index in [0.29, 0.717) is 10.9 Å². The molecular weight excluding hydrogens is 380 g/mol. The average Bonchev–Trinajstić information content (AvgIpc) is 2.80. The first kappa shape index (κ1) is 19.8. The molecule has 1 aliphatic heterocycles. The van der Waals surface area contributed by atoms with Crippen LogP contribution in [0.25, 0.3) is 10.8 Å². The quantitative estimate of drug-likeness (QED) is 0.707. The molecule has 7 nitrogen and oxygen atoms in total. The lowest BCUT2D eigenvalue weighted by Crippen LogP contribution is -2.35. The number of likely N-dealkylation sites (tertiary alicyclic amines) is 1. The number of carbonyl (C=O) groups is 2. The Morgan fingerprint density at radius 1 is 1.00 bits per heavy atom.